The normalized spacial score (nSPS) is 11.4. The fourth-order valence-corrected chi connectivity index (χ4v) is 6.23. The number of benzene rings is 2. The number of imidazole rings is 2. The summed E-state index contributed by atoms with van der Waals surface area (Å²) in [7, 11) is 0. The van der Waals surface area contributed by atoms with Gasteiger partial charge in [-0.3, -0.25) is 19.1 Å². The summed E-state index contributed by atoms with van der Waals surface area (Å²) in [5, 5.41) is 5.99. The highest BCUT2D eigenvalue weighted by molar-refractivity contribution is 5.81. The molecule has 0 aliphatic heterocycles. The third-order valence-corrected chi connectivity index (χ3v) is 8.45. The van der Waals surface area contributed by atoms with E-state index < -0.39 is 0 Å². The maximum Gasteiger partial charge on any atom is 0.314 e. The Morgan fingerprint density at radius 3 is 1.37 bits per heavy atom. The standard InChI is InChI=1S/C37H42N8O/c1-7-33-42-35-25(5)40-23(3)21-31(35)44(33)29-13-9-27(10-14-29)17-19-38-37(46)39-20-18-28-11-15-30(16-12-28)45-32-22-24(4)41-26(6)36(32)43-34(45)8-2/h9-16,21-22H,7-8,17-20H2,1-6H3,(H2,38,39,46). The van der Waals surface area contributed by atoms with E-state index in [2.05, 4.69) is 104 Å². The van der Waals surface area contributed by atoms with E-state index in [1.54, 1.807) is 0 Å². The predicted octanol–water partition coefficient (Wildman–Crippen LogP) is 6.60. The highest BCUT2D eigenvalue weighted by Crippen LogP contribution is 2.26. The van der Waals surface area contributed by atoms with Gasteiger partial charge in [0.1, 0.15) is 22.7 Å². The van der Waals surface area contributed by atoms with Crippen LogP contribution in [0.25, 0.3) is 33.4 Å². The molecule has 2 amide bonds. The highest BCUT2D eigenvalue weighted by atomic mass is 16.2. The van der Waals surface area contributed by atoms with Gasteiger partial charge in [0.15, 0.2) is 0 Å². The van der Waals surface area contributed by atoms with Gasteiger partial charge in [0, 0.05) is 48.7 Å². The minimum absolute atomic E-state index is 0.151. The Bertz CT molecular complexity index is 1870. The Kier molecular flexibility index (Phi) is 8.83. The molecule has 4 heterocycles. The van der Waals surface area contributed by atoms with Crippen LogP contribution in [0, 0.1) is 27.7 Å². The SMILES string of the molecule is CCc1nc2c(C)nc(C)cc2n1-c1ccc(CCNC(=O)NCCc2ccc(-n3c(CC)nc4c(C)nc(C)cc43)cc2)cc1. The quantitative estimate of drug-likeness (QED) is 0.181. The van der Waals surface area contributed by atoms with Gasteiger partial charge < -0.3 is 10.6 Å². The van der Waals surface area contributed by atoms with Crippen LogP contribution in [-0.4, -0.2) is 48.2 Å². The second kappa shape index (κ2) is 13.1. The average Bonchev–Trinajstić information content (AvgIpc) is 3.60. The molecule has 0 saturated heterocycles. The van der Waals surface area contributed by atoms with Crippen LogP contribution in [0.2, 0.25) is 0 Å². The first kappa shape index (κ1) is 31.0. The topological polar surface area (TPSA) is 103 Å². The molecule has 2 N–H and O–H groups in total. The van der Waals surface area contributed by atoms with Crippen molar-refractivity contribution >= 4 is 28.1 Å². The molecule has 9 nitrogen and oxygen atoms in total. The summed E-state index contributed by atoms with van der Waals surface area (Å²) in [6.45, 7) is 13.4. The van der Waals surface area contributed by atoms with Crippen molar-refractivity contribution in [3.8, 4) is 11.4 Å². The molecule has 0 aliphatic rings. The van der Waals surface area contributed by atoms with Crippen molar-refractivity contribution in [1.82, 2.24) is 39.7 Å². The molecule has 0 aliphatic carbocycles. The average molecular weight is 615 g/mol. The number of carbonyl (C=O) groups is 1. The number of pyridine rings is 2. The van der Waals surface area contributed by atoms with Crippen molar-refractivity contribution < 1.29 is 4.79 Å². The van der Waals surface area contributed by atoms with Crippen LogP contribution in [0.5, 0.6) is 0 Å². The molecule has 0 fully saturated rings. The lowest BCUT2D eigenvalue weighted by Crippen LogP contribution is -2.37. The molecule has 0 saturated carbocycles. The first-order chi connectivity index (χ1) is 22.2. The third-order valence-electron chi connectivity index (χ3n) is 8.45. The fraction of sp³-hybridized carbons (Fsp3) is 0.324. The van der Waals surface area contributed by atoms with Crippen LogP contribution in [0.15, 0.2) is 60.7 Å². The summed E-state index contributed by atoms with van der Waals surface area (Å²) in [4.78, 5) is 31.4. The van der Waals surface area contributed by atoms with Gasteiger partial charge in [-0.05, 0) is 88.1 Å². The van der Waals surface area contributed by atoms with Crippen LogP contribution in [-0.2, 0) is 25.7 Å². The molecular formula is C37H42N8O. The van der Waals surface area contributed by atoms with Gasteiger partial charge >= 0.3 is 6.03 Å². The molecule has 9 heteroatoms. The molecule has 4 aromatic heterocycles. The van der Waals surface area contributed by atoms with Gasteiger partial charge in [-0.1, -0.05) is 38.1 Å². The lowest BCUT2D eigenvalue weighted by molar-refractivity contribution is 0.241. The smallest absolute Gasteiger partial charge is 0.314 e. The van der Waals surface area contributed by atoms with Gasteiger partial charge in [-0.2, -0.15) is 0 Å². The Morgan fingerprint density at radius 1 is 0.609 bits per heavy atom. The molecule has 0 bridgehead atoms. The van der Waals surface area contributed by atoms with Gasteiger partial charge in [-0.15, -0.1) is 0 Å². The molecule has 0 unspecified atom stereocenters. The minimum atomic E-state index is -0.151. The Morgan fingerprint density at radius 2 is 1.00 bits per heavy atom. The zero-order valence-electron chi connectivity index (χ0n) is 27.6. The number of amides is 2. The summed E-state index contributed by atoms with van der Waals surface area (Å²) >= 11 is 0. The van der Waals surface area contributed by atoms with Crippen LogP contribution < -0.4 is 10.6 Å². The van der Waals surface area contributed by atoms with E-state index in [4.69, 9.17) is 9.97 Å². The van der Waals surface area contributed by atoms with Gasteiger partial charge in [-0.25, -0.2) is 14.8 Å². The van der Waals surface area contributed by atoms with Crippen LogP contribution in [0.4, 0.5) is 4.79 Å². The summed E-state index contributed by atoms with van der Waals surface area (Å²) in [5.74, 6) is 2.04. The molecule has 0 spiro atoms. The molecule has 0 radical (unpaired) electrons. The van der Waals surface area contributed by atoms with E-state index in [1.165, 1.54) is 11.1 Å². The predicted molar refractivity (Wildman–Crippen MR) is 184 cm³/mol. The number of hydrogen-bond donors (Lipinski definition) is 2. The number of aromatic nitrogens is 6. The Balaban J connectivity index is 1.01. The molecule has 46 heavy (non-hydrogen) atoms. The van der Waals surface area contributed by atoms with Crippen molar-refractivity contribution in [3.63, 3.8) is 0 Å². The summed E-state index contributed by atoms with van der Waals surface area (Å²) in [5.41, 5.74) is 12.5. The molecule has 6 aromatic rings. The number of nitrogens with zero attached hydrogens (tertiary/aromatic N) is 6. The number of aryl methyl sites for hydroxylation is 6. The maximum atomic E-state index is 12.5. The van der Waals surface area contributed by atoms with Crippen LogP contribution in [0.3, 0.4) is 0 Å². The summed E-state index contributed by atoms with van der Waals surface area (Å²) in [6.07, 6.45) is 3.17. The van der Waals surface area contributed by atoms with E-state index in [9.17, 15) is 4.79 Å². The number of nitrogens with one attached hydrogen (secondary N) is 2. The monoisotopic (exact) mass is 614 g/mol. The minimum Gasteiger partial charge on any atom is -0.338 e. The number of carbonyl (C=O) groups excluding carboxylic acids is 1. The van der Waals surface area contributed by atoms with Crippen molar-refractivity contribution in [3.05, 3.63) is 106 Å². The van der Waals surface area contributed by atoms with E-state index in [0.717, 1.165) is 93.5 Å². The van der Waals surface area contributed by atoms with Crippen LogP contribution in [0.1, 0.15) is 59.4 Å². The second-order valence-electron chi connectivity index (χ2n) is 11.9. The van der Waals surface area contributed by atoms with Gasteiger partial charge in [0.25, 0.3) is 0 Å². The molecule has 6 rings (SSSR count). The molecule has 236 valence electrons. The zero-order chi connectivity index (χ0) is 32.4. The lowest BCUT2D eigenvalue weighted by Gasteiger charge is -2.11. The van der Waals surface area contributed by atoms with Crippen molar-refractivity contribution in [2.24, 2.45) is 0 Å². The third kappa shape index (κ3) is 6.22. The van der Waals surface area contributed by atoms with Crippen molar-refractivity contribution in [2.75, 3.05) is 13.1 Å². The zero-order valence-corrected chi connectivity index (χ0v) is 27.6. The first-order valence-electron chi connectivity index (χ1n) is 16.2. The van der Waals surface area contributed by atoms with E-state index in [0.29, 0.717) is 13.1 Å². The molecule has 2 aromatic carbocycles. The van der Waals surface area contributed by atoms with E-state index in [1.807, 2.05) is 27.7 Å². The number of hydrogen-bond acceptors (Lipinski definition) is 5. The van der Waals surface area contributed by atoms with Gasteiger partial charge in [0.05, 0.1) is 22.4 Å². The summed E-state index contributed by atoms with van der Waals surface area (Å²) < 4.78 is 4.45. The number of rotatable bonds is 10. The molecular weight excluding hydrogens is 572 g/mol. The largest absolute Gasteiger partial charge is 0.338 e. The lowest BCUT2D eigenvalue weighted by atomic mass is 10.1. The molecule has 0 atom stereocenters. The first-order valence-corrected chi connectivity index (χ1v) is 16.2. The van der Waals surface area contributed by atoms with Crippen molar-refractivity contribution in [2.45, 2.75) is 67.2 Å². The van der Waals surface area contributed by atoms with E-state index >= 15 is 0 Å². The van der Waals surface area contributed by atoms with E-state index in [-0.39, 0.29) is 6.03 Å². The maximum absolute atomic E-state index is 12.5. The Labute approximate surface area is 270 Å². The van der Waals surface area contributed by atoms with Gasteiger partial charge in [0.2, 0.25) is 0 Å². The fourth-order valence-electron chi connectivity index (χ4n) is 6.23. The second-order valence-corrected chi connectivity index (χ2v) is 11.9. The summed E-state index contributed by atoms with van der Waals surface area (Å²) in [6, 6.07) is 21.1. The highest BCUT2D eigenvalue weighted by Gasteiger charge is 2.16. The van der Waals surface area contributed by atoms with Crippen LogP contribution >= 0.6 is 0 Å². The number of fused-ring (bicyclic) bond motifs is 2. The Hall–Kier alpha value is -5.05. The number of urea groups is 1. The van der Waals surface area contributed by atoms with Crippen molar-refractivity contribution in [1.29, 1.82) is 0 Å².